The van der Waals surface area contributed by atoms with Crippen LogP contribution in [0.1, 0.15) is 30.4 Å². The summed E-state index contributed by atoms with van der Waals surface area (Å²) >= 11 is 0. The first-order chi connectivity index (χ1) is 18.0. The molecular formula is C25H28F6N6O. The first-order valence-corrected chi connectivity index (χ1v) is 12.0. The number of alkyl halides is 6. The maximum Gasteiger partial charge on any atom is 0.419 e. The van der Waals surface area contributed by atoms with Gasteiger partial charge in [0.15, 0.2) is 5.79 Å². The normalized spacial score (nSPS) is 20.4. The van der Waals surface area contributed by atoms with Crippen LogP contribution in [-0.2, 0) is 17.1 Å². The Morgan fingerprint density at radius 3 is 2.37 bits per heavy atom. The highest BCUT2D eigenvalue weighted by molar-refractivity contribution is 6.09. The Labute approximate surface area is 216 Å². The van der Waals surface area contributed by atoms with Crippen molar-refractivity contribution in [3.63, 3.8) is 0 Å². The molecule has 0 aliphatic carbocycles. The van der Waals surface area contributed by atoms with E-state index in [-0.39, 0.29) is 18.9 Å². The zero-order valence-corrected chi connectivity index (χ0v) is 20.8. The summed E-state index contributed by atoms with van der Waals surface area (Å²) in [5, 5.41) is 9.68. The molecule has 206 valence electrons. The molecule has 0 saturated carbocycles. The van der Waals surface area contributed by atoms with E-state index in [1.54, 1.807) is 19.1 Å². The van der Waals surface area contributed by atoms with Crippen molar-refractivity contribution in [2.45, 2.75) is 37.4 Å². The van der Waals surface area contributed by atoms with Crippen molar-refractivity contribution in [2.75, 3.05) is 44.1 Å². The molecule has 4 rings (SSSR count). The number of amidine groups is 1. The number of aliphatic imine (C=N–C) groups is 1. The van der Waals surface area contributed by atoms with Crippen LogP contribution in [0.25, 0.3) is 0 Å². The van der Waals surface area contributed by atoms with Gasteiger partial charge >= 0.3 is 12.4 Å². The van der Waals surface area contributed by atoms with Gasteiger partial charge in [0, 0.05) is 56.2 Å². The zero-order valence-electron chi connectivity index (χ0n) is 20.8. The third-order valence-corrected chi connectivity index (χ3v) is 6.52. The number of hydrogen-bond donors (Lipinski definition) is 3. The fourth-order valence-corrected chi connectivity index (χ4v) is 4.52. The van der Waals surface area contributed by atoms with E-state index in [1.165, 1.54) is 24.4 Å². The Balaban J connectivity index is 1.65. The van der Waals surface area contributed by atoms with Gasteiger partial charge in [0.2, 0.25) is 0 Å². The van der Waals surface area contributed by atoms with Crippen molar-refractivity contribution in [1.82, 2.24) is 15.6 Å². The van der Waals surface area contributed by atoms with Crippen molar-refractivity contribution >= 4 is 17.3 Å². The molecule has 2 aliphatic heterocycles. The first-order valence-electron chi connectivity index (χ1n) is 12.0. The van der Waals surface area contributed by atoms with E-state index in [0.29, 0.717) is 37.4 Å². The van der Waals surface area contributed by atoms with E-state index in [1.807, 2.05) is 0 Å². The number of ether oxygens (including phenoxy) is 1. The number of aromatic nitrogens is 1. The molecule has 1 atom stereocenters. The standard InChI is InChI=1S/C25H28F6N6O/c1-32-23(11-15-38-2)35-20-10-14-37(22-19(25(29,30)31)4-3-12-33-22)13-9-18(20)21(36-23)34-17-7-5-16(6-8-17)24(26,27)28/h3-8,12,32,35H,9-11,13-15H2,1-2H3,(H,34,36). The largest absolute Gasteiger partial charge is 0.419 e. The lowest BCUT2D eigenvalue weighted by Gasteiger charge is -2.38. The number of rotatable bonds is 6. The number of benzene rings is 1. The summed E-state index contributed by atoms with van der Waals surface area (Å²) in [5.74, 6) is -0.711. The first kappa shape index (κ1) is 27.7. The Morgan fingerprint density at radius 1 is 1.03 bits per heavy atom. The van der Waals surface area contributed by atoms with Crippen LogP contribution < -0.4 is 20.9 Å². The molecule has 0 radical (unpaired) electrons. The summed E-state index contributed by atoms with van der Waals surface area (Å²) in [7, 11) is 3.26. The second-order valence-corrected chi connectivity index (χ2v) is 8.96. The number of pyridine rings is 1. The van der Waals surface area contributed by atoms with Crippen LogP contribution >= 0.6 is 0 Å². The number of halogens is 6. The molecule has 0 fully saturated rings. The maximum absolute atomic E-state index is 13.7. The van der Waals surface area contributed by atoms with Crippen LogP contribution in [0.4, 0.5) is 37.8 Å². The summed E-state index contributed by atoms with van der Waals surface area (Å²) in [6.45, 7) is 0.852. The van der Waals surface area contributed by atoms with Crippen LogP contribution in [0.5, 0.6) is 0 Å². The average molecular weight is 543 g/mol. The highest BCUT2D eigenvalue weighted by Gasteiger charge is 2.39. The molecule has 7 nitrogen and oxygen atoms in total. The summed E-state index contributed by atoms with van der Waals surface area (Å²) < 4.78 is 85.3. The van der Waals surface area contributed by atoms with E-state index in [0.717, 1.165) is 29.5 Å². The van der Waals surface area contributed by atoms with Crippen molar-refractivity contribution < 1.29 is 31.1 Å². The van der Waals surface area contributed by atoms with Gasteiger partial charge in [-0.15, -0.1) is 0 Å². The summed E-state index contributed by atoms with van der Waals surface area (Å²) in [6, 6.07) is 6.85. The second-order valence-electron chi connectivity index (χ2n) is 8.96. The smallest absolute Gasteiger partial charge is 0.384 e. The predicted octanol–water partition coefficient (Wildman–Crippen LogP) is 5.00. The number of methoxy groups -OCH3 is 1. The molecule has 38 heavy (non-hydrogen) atoms. The Bertz CT molecular complexity index is 1190. The summed E-state index contributed by atoms with van der Waals surface area (Å²) in [4.78, 5) is 10.4. The van der Waals surface area contributed by atoms with Crippen LogP contribution in [0.3, 0.4) is 0 Å². The quantitative estimate of drug-likeness (QED) is 0.447. The molecule has 3 heterocycles. The number of hydrogen-bond acceptors (Lipinski definition) is 7. The molecule has 0 spiro atoms. The molecule has 1 aromatic carbocycles. The monoisotopic (exact) mass is 542 g/mol. The van der Waals surface area contributed by atoms with E-state index in [9.17, 15) is 26.3 Å². The van der Waals surface area contributed by atoms with Gasteiger partial charge < -0.3 is 20.3 Å². The Kier molecular flexibility index (Phi) is 7.88. The van der Waals surface area contributed by atoms with Crippen molar-refractivity contribution in [3.8, 4) is 0 Å². The molecule has 1 unspecified atom stereocenters. The molecule has 13 heteroatoms. The third kappa shape index (κ3) is 6.04. The van der Waals surface area contributed by atoms with Gasteiger partial charge in [-0.2, -0.15) is 26.3 Å². The van der Waals surface area contributed by atoms with Crippen molar-refractivity contribution in [1.29, 1.82) is 0 Å². The predicted molar refractivity (Wildman–Crippen MR) is 132 cm³/mol. The highest BCUT2D eigenvalue weighted by Crippen LogP contribution is 2.37. The van der Waals surface area contributed by atoms with Gasteiger partial charge in [0.1, 0.15) is 11.7 Å². The molecule has 0 bridgehead atoms. The van der Waals surface area contributed by atoms with Crippen LogP contribution in [-0.4, -0.2) is 50.5 Å². The summed E-state index contributed by atoms with van der Waals surface area (Å²) in [5.41, 5.74) is 0.314. The summed E-state index contributed by atoms with van der Waals surface area (Å²) in [6.07, 6.45) is -6.58. The topological polar surface area (TPSA) is 73.8 Å². The Hall–Kier alpha value is -3.32. The van der Waals surface area contributed by atoms with Gasteiger partial charge in [0.05, 0.1) is 17.7 Å². The molecule has 3 N–H and O–H groups in total. The van der Waals surface area contributed by atoms with E-state index < -0.39 is 29.3 Å². The molecule has 0 saturated heterocycles. The minimum atomic E-state index is -4.56. The lowest BCUT2D eigenvalue weighted by atomic mass is 10.0. The fourth-order valence-electron chi connectivity index (χ4n) is 4.52. The SMILES string of the molecule is CNC1(CCOC)N=C(Nc2ccc(C(F)(F)F)cc2)C2=C(CCN(c3ncccc3C(F)(F)F)CC2)N1. The zero-order chi connectivity index (χ0) is 27.6. The lowest BCUT2D eigenvalue weighted by Crippen LogP contribution is -2.57. The minimum Gasteiger partial charge on any atom is -0.384 e. The molecule has 0 amide bonds. The van der Waals surface area contributed by atoms with Gasteiger partial charge in [-0.05, 0) is 49.9 Å². The fraction of sp³-hybridized carbons (Fsp3) is 0.440. The van der Waals surface area contributed by atoms with Crippen molar-refractivity contribution in [3.05, 3.63) is 65.0 Å². The van der Waals surface area contributed by atoms with Crippen molar-refractivity contribution in [2.24, 2.45) is 4.99 Å². The van der Waals surface area contributed by atoms with Gasteiger partial charge in [-0.3, -0.25) is 5.32 Å². The molecule has 2 aromatic rings. The number of anilines is 2. The van der Waals surface area contributed by atoms with E-state index >= 15 is 0 Å². The van der Waals surface area contributed by atoms with Crippen LogP contribution in [0.2, 0.25) is 0 Å². The Morgan fingerprint density at radius 2 is 1.74 bits per heavy atom. The second kappa shape index (κ2) is 10.8. The van der Waals surface area contributed by atoms with Crippen LogP contribution in [0, 0.1) is 0 Å². The number of nitrogens with zero attached hydrogens (tertiary/aromatic N) is 3. The molecule has 2 aliphatic rings. The van der Waals surface area contributed by atoms with Gasteiger partial charge in [0.25, 0.3) is 0 Å². The number of nitrogens with one attached hydrogen (secondary N) is 3. The average Bonchev–Trinajstić information content (AvgIpc) is 3.09. The highest BCUT2D eigenvalue weighted by atomic mass is 19.4. The minimum absolute atomic E-state index is 0.145. The molecular weight excluding hydrogens is 514 g/mol. The third-order valence-electron chi connectivity index (χ3n) is 6.52. The van der Waals surface area contributed by atoms with Crippen LogP contribution in [0.15, 0.2) is 58.9 Å². The van der Waals surface area contributed by atoms with Gasteiger partial charge in [-0.25, -0.2) is 9.98 Å². The lowest BCUT2D eigenvalue weighted by molar-refractivity contribution is -0.138. The van der Waals surface area contributed by atoms with Gasteiger partial charge in [-0.1, -0.05) is 0 Å². The molecule has 1 aromatic heterocycles. The van der Waals surface area contributed by atoms with E-state index in [4.69, 9.17) is 9.73 Å². The maximum atomic E-state index is 13.7. The van der Waals surface area contributed by atoms with E-state index in [2.05, 4.69) is 20.9 Å².